The minimum absolute atomic E-state index is 0.0951. The summed E-state index contributed by atoms with van der Waals surface area (Å²) in [6.45, 7) is 4.98. The Labute approximate surface area is 176 Å². The third kappa shape index (κ3) is 18.2. The number of unbranched alkanes of at least 4 members (excludes halogenated alkanes) is 3. The zero-order valence-electron chi connectivity index (χ0n) is 18.3. The Morgan fingerprint density at radius 1 is 0.483 bits per heavy atom. The van der Waals surface area contributed by atoms with Gasteiger partial charge in [0.25, 0.3) is 0 Å². The average Bonchev–Trinajstić information content (AvgIpc) is 2.73. The van der Waals surface area contributed by atoms with Gasteiger partial charge in [0.15, 0.2) is 0 Å². The number of aliphatic hydroxyl groups is 3. The molecule has 3 N–H and O–H groups in total. The highest BCUT2D eigenvalue weighted by Gasteiger charge is 2.32. The summed E-state index contributed by atoms with van der Waals surface area (Å²) in [5.74, 6) is 0. The molecule has 0 fully saturated rings. The van der Waals surface area contributed by atoms with E-state index in [4.69, 9.17) is 39.0 Å². The van der Waals surface area contributed by atoms with Crippen LogP contribution < -0.4 is 0 Å². The molecular weight excluding hydrogens is 380 g/mol. The molecule has 0 aromatic rings. The first-order valence-corrected chi connectivity index (χ1v) is 10.9. The van der Waals surface area contributed by atoms with Gasteiger partial charge in [-0.1, -0.05) is 12.8 Å². The smallest absolute Gasteiger partial charge is 0.0637 e. The van der Waals surface area contributed by atoms with E-state index in [9.17, 15) is 0 Å². The van der Waals surface area contributed by atoms with E-state index >= 15 is 0 Å². The second-order valence-corrected chi connectivity index (χ2v) is 7.35. The van der Waals surface area contributed by atoms with Gasteiger partial charge in [-0.3, -0.25) is 0 Å². The van der Waals surface area contributed by atoms with Crippen LogP contribution in [0.2, 0.25) is 0 Å². The van der Waals surface area contributed by atoms with Crippen molar-refractivity contribution in [1.29, 1.82) is 0 Å². The third-order valence-corrected chi connectivity index (χ3v) is 4.36. The van der Waals surface area contributed by atoms with Gasteiger partial charge in [0.05, 0.1) is 31.8 Å². The summed E-state index contributed by atoms with van der Waals surface area (Å²) >= 11 is 0. The second kappa shape index (κ2) is 22.4. The number of ether oxygens (including phenoxy) is 5. The molecule has 0 unspecified atom stereocenters. The van der Waals surface area contributed by atoms with Crippen molar-refractivity contribution in [3.63, 3.8) is 0 Å². The van der Waals surface area contributed by atoms with Crippen LogP contribution in [0.25, 0.3) is 0 Å². The van der Waals surface area contributed by atoms with Gasteiger partial charge >= 0.3 is 0 Å². The summed E-state index contributed by atoms with van der Waals surface area (Å²) in [7, 11) is 1.67. The number of methoxy groups -OCH3 is 1. The van der Waals surface area contributed by atoms with Crippen molar-refractivity contribution < 1.29 is 39.0 Å². The third-order valence-electron chi connectivity index (χ3n) is 4.36. The molecule has 0 spiro atoms. The van der Waals surface area contributed by atoms with Gasteiger partial charge in [-0.2, -0.15) is 0 Å². The molecular formula is C21H44O8. The molecule has 0 aromatic carbocycles. The van der Waals surface area contributed by atoms with E-state index < -0.39 is 5.41 Å². The van der Waals surface area contributed by atoms with Crippen molar-refractivity contribution >= 4 is 0 Å². The Hall–Kier alpha value is -0.320. The lowest BCUT2D eigenvalue weighted by Gasteiger charge is -2.33. The highest BCUT2D eigenvalue weighted by molar-refractivity contribution is 4.79. The van der Waals surface area contributed by atoms with E-state index in [1.165, 1.54) is 0 Å². The lowest BCUT2D eigenvalue weighted by Crippen LogP contribution is -2.42. The molecule has 0 saturated carbocycles. The Morgan fingerprint density at radius 3 is 1.34 bits per heavy atom. The number of rotatable bonds is 24. The van der Waals surface area contributed by atoms with Crippen molar-refractivity contribution in [1.82, 2.24) is 0 Å². The monoisotopic (exact) mass is 424 g/mol. The fourth-order valence-electron chi connectivity index (χ4n) is 2.71. The highest BCUT2D eigenvalue weighted by Crippen LogP contribution is 2.21. The first kappa shape index (κ1) is 28.7. The highest BCUT2D eigenvalue weighted by atomic mass is 16.5. The van der Waals surface area contributed by atoms with Crippen molar-refractivity contribution in [2.24, 2.45) is 5.41 Å². The molecule has 0 radical (unpaired) electrons. The van der Waals surface area contributed by atoms with Crippen LogP contribution in [0.1, 0.15) is 44.9 Å². The molecule has 0 aliphatic carbocycles. The SMILES string of the molecule is COCCCOCC(COCCCO)(COCCCO)COCCCCCCO. The molecule has 0 atom stereocenters. The molecule has 29 heavy (non-hydrogen) atoms. The normalized spacial score (nSPS) is 12.0. The largest absolute Gasteiger partial charge is 0.396 e. The van der Waals surface area contributed by atoms with Crippen LogP contribution in [0, 0.1) is 5.41 Å². The minimum atomic E-state index is -0.441. The number of hydrogen-bond donors (Lipinski definition) is 3. The Bertz CT molecular complexity index is 305. The van der Waals surface area contributed by atoms with Crippen LogP contribution in [-0.2, 0) is 23.7 Å². The van der Waals surface area contributed by atoms with Crippen LogP contribution >= 0.6 is 0 Å². The molecule has 176 valence electrons. The van der Waals surface area contributed by atoms with Crippen molar-refractivity contribution in [3.05, 3.63) is 0 Å². The fourth-order valence-corrected chi connectivity index (χ4v) is 2.71. The molecule has 0 bridgehead atoms. The first-order chi connectivity index (χ1) is 14.2. The molecule has 0 saturated heterocycles. The predicted molar refractivity (Wildman–Crippen MR) is 111 cm³/mol. The van der Waals surface area contributed by atoms with E-state index in [1.807, 2.05) is 0 Å². The van der Waals surface area contributed by atoms with Crippen molar-refractivity contribution in [2.75, 3.05) is 86.4 Å². The van der Waals surface area contributed by atoms with Crippen LogP contribution in [0.15, 0.2) is 0 Å². The van der Waals surface area contributed by atoms with Gasteiger partial charge in [0.1, 0.15) is 0 Å². The fraction of sp³-hybridized carbons (Fsp3) is 1.00. The lowest BCUT2D eigenvalue weighted by molar-refractivity contribution is -0.109. The van der Waals surface area contributed by atoms with Crippen LogP contribution in [-0.4, -0.2) is 102 Å². The van der Waals surface area contributed by atoms with E-state index in [0.717, 1.165) is 32.1 Å². The van der Waals surface area contributed by atoms with Gasteiger partial charge in [-0.15, -0.1) is 0 Å². The number of hydrogen-bond acceptors (Lipinski definition) is 8. The van der Waals surface area contributed by atoms with Gasteiger partial charge in [-0.05, 0) is 32.1 Å². The van der Waals surface area contributed by atoms with Gasteiger partial charge in [0.2, 0.25) is 0 Å². The standard InChI is InChI=1S/C21H44O8/c1-25-12-8-16-29-20-21(18-27-14-6-10-23,19-28-15-7-11-24)17-26-13-5-3-2-4-9-22/h22-24H,2-20H2,1H3. The molecule has 0 aliphatic heterocycles. The summed E-state index contributed by atoms with van der Waals surface area (Å²) in [5.41, 5.74) is -0.441. The zero-order chi connectivity index (χ0) is 21.5. The maximum atomic E-state index is 8.98. The van der Waals surface area contributed by atoms with Crippen LogP contribution in [0.5, 0.6) is 0 Å². The summed E-state index contributed by atoms with van der Waals surface area (Å²) in [6, 6.07) is 0. The first-order valence-electron chi connectivity index (χ1n) is 10.9. The van der Waals surface area contributed by atoms with E-state index in [-0.39, 0.29) is 19.8 Å². The van der Waals surface area contributed by atoms with Gasteiger partial charge in [-0.25, -0.2) is 0 Å². The van der Waals surface area contributed by atoms with Crippen LogP contribution in [0.4, 0.5) is 0 Å². The lowest BCUT2D eigenvalue weighted by atomic mass is 9.92. The predicted octanol–water partition coefficient (Wildman–Crippen LogP) is 1.39. The maximum Gasteiger partial charge on any atom is 0.0637 e. The molecule has 8 nitrogen and oxygen atoms in total. The Kier molecular flexibility index (Phi) is 22.1. The Balaban J connectivity index is 4.61. The summed E-state index contributed by atoms with van der Waals surface area (Å²) < 4.78 is 28.5. The van der Waals surface area contributed by atoms with Crippen molar-refractivity contribution in [3.8, 4) is 0 Å². The molecule has 0 aromatic heterocycles. The van der Waals surface area contributed by atoms with Gasteiger partial charge < -0.3 is 39.0 Å². The van der Waals surface area contributed by atoms with Crippen molar-refractivity contribution in [2.45, 2.75) is 44.9 Å². The van der Waals surface area contributed by atoms with E-state index in [0.29, 0.717) is 72.3 Å². The molecule has 0 rings (SSSR count). The average molecular weight is 425 g/mol. The minimum Gasteiger partial charge on any atom is -0.396 e. The zero-order valence-corrected chi connectivity index (χ0v) is 18.3. The topological polar surface area (TPSA) is 107 Å². The number of aliphatic hydroxyl groups excluding tert-OH is 3. The molecule has 0 aliphatic rings. The summed E-state index contributed by atoms with van der Waals surface area (Å²) in [6.07, 6.45) is 5.79. The Morgan fingerprint density at radius 2 is 0.897 bits per heavy atom. The van der Waals surface area contributed by atoms with Crippen LogP contribution in [0.3, 0.4) is 0 Å². The van der Waals surface area contributed by atoms with Gasteiger partial charge in [0, 0.05) is 60.0 Å². The quantitative estimate of drug-likeness (QED) is 0.200. The summed E-state index contributed by atoms with van der Waals surface area (Å²) in [5, 5.41) is 26.8. The molecule has 0 heterocycles. The van der Waals surface area contributed by atoms with E-state index in [1.54, 1.807) is 7.11 Å². The molecule has 8 heteroatoms. The molecule has 0 amide bonds. The summed E-state index contributed by atoms with van der Waals surface area (Å²) in [4.78, 5) is 0. The second-order valence-electron chi connectivity index (χ2n) is 7.35. The maximum absolute atomic E-state index is 8.98. The van der Waals surface area contributed by atoms with E-state index in [2.05, 4.69) is 0 Å².